The van der Waals surface area contributed by atoms with Crippen molar-refractivity contribution < 1.29 is 17.6 Å². The zero-order chi connectivity index (χ0) is 20.3. The van der Waals surface area contributed by atoms with Crippen molar-refractivity contribution in [2.24, 2.45) is 5.92 Å². The molecule has 6 nitrogen and oxygen atoms in total. The Hall–Kier alpha value is -1.93. The van der Waals surface area contributed by atoms with E-state index in [1.165, 1.54) is 12.1 Å². The number of carbonyl (C=O) groups is 1. The van der Waals surface area contributed by atoms with E-state index in [0.29, 0.717) is 12.5 Å². The second-order valence-corrected chi connectivity index (χ2v) is 10.2. The Kier molecular flexibility index (Phi) is 6.40. The molecular formula is C20H28FN3O3S. The molecule has 0 bridgehead atoms. The Balaban J connectivity index is 1.46. The lowest BCUT2D eigenvalue weighted by Gasteiger charge is -2.29. The zero-order valence-corrected chi connectivity index (χ0v) is 17.1. The fraction of sp³-hybridized carbons (Fsp3) is 0.550. The van der Waals surface area contributed by atoms with Gasteiger partial charge in [0.2, 0.25) is 15.9 Å². The molecule has 1 amide bonds. The lowest BCUT2D eigenvalue weighted by atomic mass is 9.86. The molecule has 28 heavy (non-hydrogen) atoms. The van der Waals surface area contributed by atoms with Crippen molar-refractivity contribution in [3.63, 3.8) is 0 Å². The molecule has 1 aliphatic rings. The number of hydrogen-bond donors (Lipinski definition) is 2. The van der Waals surface area contributed by atoms with Gasteiger partial charge in [0.15, 0.2) is 0 Å². The maximum atomic E-state index is 13.3. The number of aromatic nitrogens is 1. The van der Waals surface area contributed by atoms with Crippen LogP contribution < -0.4 is 10.0 Å². The van der Waals surface area contributed by atoms with Crippen LogP contribution in [0.5, 0.6) is 0 Å². The van der Waals surface area contributed by atoms with Gasteiger partial charge in [0, 0.05) is 29.7 Å². The van der Waals surface area contributed by atoms with E-state index in [1.807, 2.05) is 4.57 Å². The molecule has 1 aromatic heterocycles. The van der Waals surface area contributed by atoms with E-state index >= 15 is 0 Å². The largest absolute Gasteiger partial charge is 0.352 e. The molecule has 2 aromatic rings. The normalized spacial score (nSPS) is 20.6. The van der Waals surface area contributed by atoms with Crippen LogP contribution in [-0.4, -0.2) is 36.7 Å². The lowest BCUT2D eigenvalue weighted by molar-refractivity contribution is -0.122. The van der Waals surface area contributed by atoms with Crippen LogP contribution in [0.25, 0.3) is 10.9 Å². The van der Waals surface area contributed by atoms with Crippen LogP contribution in [0.4, 0.5) is 4.39 Å². The number of fused-ring (bicyclic) bond motifs is 1. The molecule has 0 spiro atoms. The topological polar surface area (TPSA) is 80.2 Å². The first-order valence-electron chi connectivity index (χ1n) is 9.77. The summed E-state index contributed by atoms with van der Waals surface area (Å²) in [6.45, 7) is 3.99. The Morgan fingerprint density at radius 2 is 1.93 bits per heavy atom. The minimum atomic E-state index is -3.23. The van der Waals surface area contributed by atoms with E-state index in [2.05, 4.69) is 10.0 Å². The zero-order valence-electron chi connectivity index (χ0n) is 16.3. The predicted molar refractivity (Wildman–Crippen MR) is 108 cm³/mol. The smallest absolute Gasteiger partial charge is 0.240 e. The number of halogens is 1. The van der Waals surface area contributed by atoms with Crippen LogP contribution in [0.2, 0.25) is 0 Å². The summed E-state index contributed by atoms with van der Waals surface area (Å²) in [4.78, 5) is 12.4. The second-order valence-electron chi connectivity index (χ2n) is 7.87. The van der Waals surface area contributed by atoms with Gasteiger partial charge in [-0.25, -0.2) is 17.5 Å². The molecular weight excluding hydrogens is 381 g/mol. The number of amides is 1. The molecule has 0 unspecified atom stereocenters. The highest BCUT2D eigenvalue weighted by molar-refractivity contribution is 7.90. The maximum Gasteiger partial charge on any atom is 0.240 e. The van der Waals surface area contributed by atoms with Crippen molar-refractivity contribution >= 4 is 26.8 Å². The van der Waals surface area contributed by atoms with E-state index in [4.69, 9.17) is 0 Å². The summed E-state index contributed by atoms with van der Waals surface area (Å²) in [6.07, 6.45) is 5.25. The summed E-state index contributed by atoms with van der Waals surface area (Å²) >= 11 is 0. The van der Waals surface area contributed by atoms with E-state index in [-0.39, 0.29) is 24.3 Å². The Morgan fingerprint density at radius 3 is 2.61 bits per heavy atom. The van der Waals surface area contributed by atoms with E-state index < -0.39 is 15.3 Å². The molecule has 3 rings (SSSR count). The quantitative estimate of drug-likeness (QED) is 0.738. The summed E-state index contributed by atoms with van der Waals surface area (Å²) < 4.78 is 41.5. The molecule has 1 fully saturated rings. The predicted octanol–water partition coefficient (Wildman–Crippen LogP) is 2.78. The monoisotopic (exact) mass is 409 g/mol. The molecule has 0 radical (unpaired) electrons. The third kappa shape index (κ3) is 5.11. The third-order valence-electron chi connectivity index (χ3n) is 5.45. The summed E-state index contributed by atoms with van der Waals surface area (Å²) in [6, 6.07) is 6.45. The highest BCUT2D eigenvalue weighted by atomic mass is 32.2. The van der Waals surface area contributed by atoms with Crippen LogP contribution in [0, 0.1) is 11.7 Å². The van der Waals surface area contributed by atoms with E-state index in [1.54, 1.807) is 32.2 Å². The standard InChI is InChI=1S/C20H28FN3O3S/c1-14(2)28(26,27)22-12-15-3-6-18(7-4-15)23-20(25)13-24-10-9-16-11-17(21)5-8-19(16)24/h5,8-11,14-15,18,22H,3-4,6-7,12-13H2,1-2H3,(H,23,25). The number of benzene rings is 1. The highest BCUT2D eigenvalue weighted by Gasteiger charge is 2.24. The van der Waals surface area contributed by atoms with Gasteiger partial charge in [0.25, 0.3) is 0 Å². The second kappa shape index (κ2) is 8.61. The summed E-state index contributed by atoms with van der Waals surface area (Å²) in [5, 5.41) is 3.42. The maximum absolute atomic E-state index is 13.3. The summed E-state index contributed by atoms with van der Waals surface area (Å²) in [7, 11) is -3.23. The number of hydrogen-bond acceptors (Lipinski definition) is 3. The molecule has 0 saturated heterocycles. The lowest BCUT2D eigenvalue weighted by Crippen LogP contribution is -2.41. The molecule has 2 N–H and O–H groups in total. The van der Waals surface area contributed by atoms with Gasteiger partial charge in [0.1, 0.15) is 12.4 Å². The molecule has 0 aliphatic heterocycles. The van der Waals surface area contributed by atoms with Gasteiger partial charge in [-0.2, -0.15) is 0 Å². The SMILES string of the molecule is CC(C)S(=O)(=O)NCC1CCC(NC(=O)Cn2ccc3cc(F)ccc32)CC1. The van der Waals surface area contributed by atoms with Crippen LogP contribution in [0.3, 0.4) is 0 Å². The van der Waals surface area contributed by atoms with Gasteiger partial charge in [-0.1, -0.05) is 0 Å². The fourth-order valence-corrected chi connectivity index (χ4v) is 4.45. The minimum Gasteiger partial charge on any atom is -0.352 e. The Bertz CT molecular complexity index is 931. The van der Waals surface area contributed by atoms with Crippen LogP contribution in [0.15, 0.2) is 30.5 Å². The average Bonchev–Trinajstić information content (AvgIpc) is 3.02. The van der Waals surface area contributed by atoms with Crippen LogP contribution in [-0.2, 0) is 21.4 Å². The number of sulfonamides is 1. The van der Waals surface area contributed by atoms with Gasteiger partial charge < -0.3 is 9.88 Å². The summed E-state index contributed by atoms with van der Waals surface area (Å²) in [5.41, 5.74) is 0.831. The Morgan fingerprint density at radius 1 is 1.21 bits per heavy atom. The fourth-order valence-electron chi connectivity index (χ4n) is 3.65. The minimum absolute atomic E-state index is 0.0641. The van der Waals surface area contributed by atoms with Gasteiger partial charge in [-0.15, -0.1) is 0 Å². The number of rotatable bonds is 7. The van der Waals surface area contributed by atoms with Gasteiger partial charge in [0.05, 0.1) is 5.25 Å². The average molecular weight is 410 g/mol. The first-order valence-corrected chi connectivity index (χ1v) is 11.3. The van der Waals surface area contributed by atoms with Gasteiger partial charge in [-0.05, 0) is 69.7 Å². The third-order valence-corrected chi connectivity index (χ3v) is 7.26. The highest BCUT2D eigenvalue weighted by Crippen LogP contribution is 2.24. The molecule has 1 aromatic carbocycles. The van der Waals surface area contributed by atoms with Crippen molar-refractivity contribution in [1.82, 2.24) is 14.6 Å². The van der Waals surface area contributed by atoms with Crippen LogP contribution >= 0.6 is 0 Å². The molecule has 154 valence electrons. The molecule has 8 heteroatoms. The first-order chi connectivity index (χ1) is 13.2. The van der Waals surface area contributed by atoms with E-state index in [0.717, 1.165) is 36.6 Å². The van der Waals surface area contributed by atoms with Crippen molar-refractivity contribution in [2.75, 3.05) is 6.54 Å². The van der Waals surface area contributed by atoms with Gasteiger partial charge in [-0.3, -0.25) is 4.79 Å². The molecule has 1 saturated carbocycles. The molecule has 0 atom stereocenters. The molecule has 1 heterocycles. The molecule has 1 aliphatic carbocycles. The van der Waals surface area contributed by atoms with Crippen molar-refractivity contribution in [2.45, 2.75) is 57.4 Å². The number of carbonyl (C=O) groups excluding carboxylic acids is 1. The first kappa shape index (κ1) is 20.8. The van der Waals surface area contributed by atoms with Crippen LogP contribution in [0.1, 0.15) is 39.5 Å². The number of nitrogens with zero attached hydrogens (tertiary/aromatic N) is 1. The van der Waals surface area contributed by atoms with Crippen molar-refractivity contribution in [3.8, 4) is 0 Å². The van der Waals surface area contributed by atoms with Crippen molar-refractivity contribution in [3.05, 3.63) is 36.3 Å². The Labute approximate surface area is 165 Å². The van der Waals surface area contributed by atoms with E-state index in [9.17, 15) is 17.6 Å². The number of nitrogens with one attached hydrogen (secondary N) is 2. The summed E-state index contributed by atoms with van der Waals surface area (Å²) in [5.74, 6) is -0.0436. The van der Waals surface area contributed by atoms with Gasteiger partial charge >= 0.3 is 0 Å². The van der Waals surface area contributed by atoms with Crippen molar-refractivity contribution in [1.29, 1.82) is 0 Å².